The lowest BCUT2D eigenvalue weighted by Crippen LogP contribution is -2.17. The van der Waals surface area contributed by atoms with E-state index in [0.29, 0.717) is 17.9 Å². The van der Waals surface area contributed by atoms with Crippen LogP contribution in [0.4, 0.5) is 16.1 Å². The number of aromatic nitrogens is 1. The zero-order valence-electron chi connectivity index (χ0n) is 9.43. The number of aliphatic hydroxyl groups excluding tert-OH is 1. The first-order valence-corrected chi connectivity index (χ1v) is 5.33. The minimum Gasteiger partial charge on any atom is -0.431 e. The molecule has 0 saturated heterocycles. The number of para-hydroxylation sites is 1. The van der Waals surface area contributed by atoms with E-state index in [1.54, 1.807) is 23.1 Å². The lowest BCUT2D eigenvalue weighted by atomic mass is 10.3. The van der Waals surface area contributed by atoms with Crippen LogP contribution in [-0.4, -0.2) is 16.6 Å². The van der Waals surface area contributed by atoms with Gasteiger partial charge >= 0.3 is 6.01 Å². The van der Waals surface area contributed by atoms with Gasteiger partial charge in [-0.2, -0.15) is 4.98 Å². The van der Waals surface area contributed by atoms with E-state index in [0.717, 1.165) is 0 Å². The number of hydrogen-bond donors (Lipinski definition) is 1. The summed E-state index contributed by atoms with van der Waals surface area (Å²) in [4.78, 5) is 5.67. The second-order valence-corrected chi connectivity index (χ2v) is 3.48. The van der Waals surface area contributed by atoms with Gasteiger partial charge in [0.2, 0.25) is 0 Å². The van der Waals surface area contributed by atoms with Crippen LogP contribution in [0.2, 0.25) is 0 Å². The van der Waals surface area contributed by atoms with Crippen molar-refractivity contribution in [1.82, 2.24) is 4.98 Å². The van der Waals surface area contributed by atoms with Crippen LogP contribution in [0, 0.1) is 5.82 Å². The van der Waals surface area contributed by atoms with E-state index in [9.17, 15) is 4.39 Å². The highest BCUT2D eigenvalue weighted by atomic mass is 19.1. The lowest BCUT2D eigenvalue weighted by molar-refractivity contribution is 0.276. The normalized spacial score (nSPS) is 10.5. The Morgan fingerprint density at radius 2 is 2.18 bits per heavy atom. The number of rotatable bonds is 4. The maximum Gasteiger partial charge on any atom is 0.302 e. The smallest absolute Gasteiger partial charge is 0.302 e. The third kappa shape index (κ3) is 2.29. The summed E-state index contributed by atoms with van der Waals surface area (Å²) in [5.74, 6) is -0.335. The van der Waals surface area contributed by atoms with Crippen LogP contribution in [0.5, 0.6) is 0 Å². The highest BCUT2D eigenvalue weighted by Gasteiger charge is 2.16. The Morgan fingerprint density at radius 3 is 2.76 bits per heavy atom. The first-order chi connectivity index (χ1) is 8.26. The fourth-order valence-corrected chi connectivity index (χ4v) is 1.57. The molecule has 0 fully saturated rings. The zero-order chi connectivity index (χ0) is 12.3. The Morgan fingerprint density at radius 1 is 1.41 bits per heavy atom. The van der Waals surface area contributed by atoms with Crippen LogP contribution in [0.25, 0.3) is 0 Å². The minimum absolute atomic E-state index is 0.196. The van der Waals surface area contributed by atoms with Crippen molar-refractivity contribution in [2.45, 2.75) is 13.5 Å². The molecule has 1 N–H and O–H groups in total. The van der Waals surface area contributed by atoms with E-state index >= 15 is 0 Å². The van der Waals surface area contributed by atoms with E-state index in [1.807, 2.05) is 6.92 Å². The van der Waals surface area contributed by atoms with Crippen LogP contribution >= 0.6 is 0 Å². The summed E-state index contributed by atoms with van der Waals surface area (Å²) in [6.07, 6.45) is 1.36. The topological polar surface area (TPSA) is 49.5 Å². The van der Waals surface area contributed by atoms with Gasteiger partial charge in [-0.25, -0.2) is 4.39 Å². The molecule has 2 rings (SSSR count). The fraction of sp³-hybridized carbons (Fsp3) is 0.250. The van der Waals surface area contributed by atoms with E-state index in [-0.39, 0.29) is 18.4 Å². The quantitative estimate of drug-likeness (QED) is 0.885. The van der Waals surface area contributed by atoms with Gasteiger partial charge in [-0.15, -0.1) is 0 Å². The second-order valence-electron chi connectivity index (χ2n) is 3.48. The molecule has 90 valence electrons. The summed E-state index contributed by atoms with van der Waals surface area (Å²) in [6.45, 7) is 2.19. The first kappa shape index (κ1) is 11.6. The molecule has 0 unspecified atom stereocenters. The Hall–Kier alpha value is -1.88. The second kappa shape index (κ2) is 4.97. The van der Waals surface area contributed by atoms with E-state index in [1.165, 1.54) is 12.3 Å². The van der Waals surface area contributed by atoms with Crippen LogP contribution in [0.3, 0.4) is 0 Å². The molecule has 0 radical (unpaired) electrons. The Labute approximate surface area is 98.3 Å². The molecule has 2 aromatic rings. The average molecular weight is 236 g/mol. The van der Waals surface area contributed by atoms with E-state index in [4.69, 9.17) is 9.52 Å². The summed E-state index contributed by atoms with van der Waals surface area (Å²) in [7, 11) is 0. The number of oxazole rings is 1. The molecule has 1 aromatic carbocycles. The molecule has 0 saturated carbocycles. The highest BCUT2D eigenvalue weighted by Crippen LogP contribution is 2.26. The van der Waals surface area contributed by atoms with Crippen molar-refractivity contribution >= 4 is 11.7 Å². The van der Waals surface area contributed by atoms with Crippen LogP contribution in [0.1, 0.15) is 12.6 Å². The van der Waals surface area contributed by atoms with Crippen molar-refractivity contribution < 1.29 is 13.9 Å². The van der Waals surface area contributed by atoms with E-state index < -0.39 is 0 Å². The molecular formula is C12H13FN2O2. The largest absolute Gasteiger partial charge is 0.431 e. The third-order valence-corrected chi connectivity index (χ3v) is 2.39. The zero-order valence-corrected chi connectivity index (χ0v) is 9.43. The Kier molecular flexibility index (Phi) is 3.39. The van der Waals surface area contributed by atoms with Crippen molar-refractivity contribution in [3.63, 3.8) is 0 Å². The summed E-state index contributed by atoms with van der Waals surface area (Å²) in [5.41, 5.74) is 0.830. The van der Waals surface area contributed by atoms with Crippen molar-refractivity contribution in [1.29, 1.82) is 0 Å². The lowest BCUT2D eigenvalue weighted by Gasteiger charge is -2.18. The number of benzene rings is 1. The van der Waals surface area contributed by atoms with Gasteiger partial charge in [0, 0.05) is 6.54 Å². The molecule has 0 spiro atoms. The van der Waals surface area contributed by atoms with Gasteiger partial charge in [-0.05, 0) is 19.1 Å². The van der Waals surface area contributed by atoms with Crippen LogP contribution < -0.4 is 4.90 Å². The first-order valence-electron chi connectivity index (χ1n) is 5.33. The molecule has 0 aliphatic rings. The van der Waals surface area contributed by atoms with Crippen molar-refractivity contribution in [2.75, 3.05) is 11.4 Å². The Balaban J connectivity index is 2.36. The van der Waals surface area contributed by atoms with Gasteiger partial charge < -0.3 is 9.52 Å². The third-order valence-electron chi connectivity index (χ3n) is 2.39. The number of aliphatic hydroxyl groups is 1. The summed E-state index contributed by atoms with van der Waals surface area (Å²) >= 11 is 0. The Bertz CT molecular complexity index is 499. The van der Waals surface area contributed by atoms with Crippen LogP contribution in [-0.2, 0) is 6.61 Å². The average Bonchev–Trinajstić information content (AvgIpc) is 2.81. The highest BCUT2D eigenvalue weighted by molar-refractivity contribution is 5.56. The predicted octanol–water partition coefficient (Wildman–Crippen LogP) is 2.46. The van der Waals surface area contributed by atoms with Gasteiger partial charge in [0.05, 0.1) is 12.3 Å². The number of halogens is 1. The molecular weight excluding hydrogens is 223 g/mol. The maximum atomic E-state index is 13.6. The van der Waals surface area contributed by atoms with Gasteiger partial charge in [-0.1, -0.05) is 12.1 Å². The number of nitrogens with zero attached hydrogens (tertiary/aromatic N) is 2. The maximum absolute atomic E-state index is 13.6. The monoisotopic (exact) mass is 236 g/mol. The molecule has 0 aliphatic carbocycles. The SMILES string of the molecule is CCN(c1nc(CO)co1)c1ccccc1F. The van der Waals surface area contributed by atoms with Crippen molar-refractivity contribution in [2.24, 2.45) is 0 Å². The minimum atomic E-state index is -0.335. The molecule has 17 heavy (non-hydrogen) atoms. The van der Waals surface area contributed by atoms with Gasteiger partial charge in [0.15, 0.2) is 0 Å². The molecule has 0 atom stereocenters. The molecule has 1 aromatic heterocycles. The number of anilines is 2. The molecule has 0 aliphatic heterocycles. The van der Waals surface area contributed by atoms with Crippen molar-refractivity contribution in [3.05, 3.63) is 42.0 Å². The molecule has 4 nitrogen and oxygen atoms in total. The predicted molar refractivity (Wildman–Crippen MR) is 61.5 cm³/mol. The van der Waals surface area contributed by atoms with Crippen molar-refractivity contribution in [3.8, 4) is 0 Å². The van der Waals surface area contributed by atoms with Gasteiger partial charge in [-0.3, -0.25) is 4.90 Å². The standard InChI is InChI=1S/C12H13FN2O2/c1-2-15(11-6-4-3-5-10(11)13)12-14-9(7-16)8-17-12/h3-6,8,16H,2,7H2,1H3. The van der Waals surface area contributed by atoms with Gasteiger partial charge in [0.1, 0.15) is 17.8 Å². The molecule has 0 bridgehead atoms. The van der Waals surface area contributed by atoms with Crippen LogP contribution in [0.15, 0.2) is 34.9 Å². The summed E-state index contributed by atoms with van der Waals surface area (Å²) in [5, 5.41) is 8.92. The summed E-state index contributed by atoms with van der Waals surface area (Å²) < 4.78 is 18.8. The number of hydrogen-bond acceptors (Lipinski definition) is 4. The summed E-state index contributed by atoms with van der Waals surface area (Å²) in [6, 6.07) is 6.69. The molecule has 5 heteroatoms. The molecule has 1 heterocycles. The molecule has 0 amide bonds. The van der Waals surface area contributed by atoms with Gasteiger partial charge in [0.25, 0.3) is 0 Å². The van der Waals surface area contributed by atoms with E-state index in [2.05, 4.69) is 4.98 Å². The fourth-order valence-electron chi connectivity index (χ4n) is 1.57.